The molecule has 0 spiro atoms. The van der Waals surface area contributed by atoms with E-state index in [2.05, 4.69) is 16.2 Å². The van der Waals surface area contributed by atoms with Gasteiger partial charge >= 0.3 is 5.97 Å². The van der Waals surface area contributed by atoms with Gasteiger partial charge in [0, 0.05) is 24.1 Å². The van der Waals surface area contributed by atoms with Crippen LogP contribution in [0.1, 0.15) is 56.3 Å². The number of hydrazine groups is 1. The van der Waals surface area contributed by atoms with Crippen molar-refractivity contribution in [3.63, 3.8) is 0 Å². The summed E-state index contributed by atoms with van der Waals surface area (Å²) in [6.45, 7) is 3.59. The van der Waals surface area contributed by atoms with E-state index in [4.69, 9.17) is 4.74 Å². The highest BCUT2D eigenvalue weighted by Crippen LogP contribution is 2.35. The van der Waals surface area contributed by atoms with Crippen LogP contribution in [0.15, 0.2) is 24.3 Å². The van der Waals surface area contributed by atoms with Crippen molar-refractivity contribution in [3.8, 4) is 0 Å². The van der Waals surface area contributed by atoms with Gasteiger partial charge in [0.15, 0.2) is 0 Å². The van der Waals surface area contributed by atoms with E-state index in [1.807, 2.05) is 0 Å². The summed E-state index contributed by atoms with van der Waals surface area (Å²) in [5.41, 5.74) is 6.79. The van der Waals surface area contributed by atoms with Crippen LogP contribution in [0.5, 0.6) is 0 Å². The van der Waals surface area contributed by atoms with Gasteiger partial charge in [-0.2, -0.15) is 0 Å². The van der Waals surface area contributed by atoms with Crippen molar-refractivity contribution in [1.82, 2.24) is 10.9 Å². The van der Waals surface area contributed by atoms with Gasteiger partial charge < -0.3 is 10.1 Å². The summed E-state index contributed by atoms with van der Waals surface area (Å²) in [6.07, 6.45) is 4.14. The highest BCUT2D eigenvalue weighted by Gasteiger charge is 2.40. The molecule has 3 atom stereocenters. The van der Waals surface area contributed by atoms with Gasteiger partial charge in [-0.3, -0.25) is 15.0 Å². The molecule has 0 bridgehead atoms. The van der Waals surface area contributed by atoms with Crippen molar-refractivity contribution in [3.05, 3.63) is 29.8 Å². The second-order valence-corrected chi connectivity index (χ2v) is 7.58. The topological polar surface area (TPSA) is 96.5 Å². The number of hydrogen-bond donors (Lipinski definition) is 3. The number of anilines is 1. The minimum Gasteiger partial charge on any atom is -0.459 e. The summed E-state index contributed by atoms with van der Waals surface area (Å²) < 4.78 is 5.15. The molecule has 7 nitrogen and oxygen atoms in total. The first kappa shape index (κ1) is 19.4. The quantitative estimate of drug-likeness (QED) is 0.689. The number of rotatable bonds is 5. The number of carbonyl (C=O) groups excluding carboxylic acids is 3. The number of fused-ring (bicyclic) bond motifs is 1. The maximum absolute atomic E-state index is 12.4. The van der Waals surface area contributed by atoms with E-state index in [0.29, 0.717) is 17.7 Å². The fourth-order valence-electron chi connectivity index (χ4n) is 3.92. The first-order valence-corrected chi connectivity index (χ1v) is 9.60. The fraction of sp³-hybridized carbons (Fsp3) is 0.550. The number of carbonyl (C=O) groups is 3. The lowest BCUT2D eigenvalue weighted by Gasteiger charge is -2.40. The van der Waals surface area contributed by atoms with Gasteiger partial charge in [0.2, 0.25) is 11.8 Å². The molecule has 1 heterocycles. The SMILES string of the molecule is CC(C)OC(=O)c1ccc(NC(=O)CC2NNC(=O)C3CCCCC23)cc1. The van der Waals surface area contributed by atoms with Gasteiger partial charge in [0.25, 0.3) is 0 Å². The Morgan fingerprint density at radius 1 is 1.19 bits per heavy atom. The molecule has 1 saturated carbocycles. The van der Waals surface area contributed by atoms with E-state index >= 15 is 0 Å². The number of amides is 2. The van der Waals surface area contributed by atoms with Gasteiger partial charge in [-0.1, -0.05) is 12.8 Å². The van der Waals surface area contributed by atoms with E-state index in [-0.39, 0.29) is 41.8 Å². The third-order valence-electron chi connectivity index (χ3n) is 5.21. The Bertz CT molecular complexity index is 702. The Morgan fingerprint density at radius 3 is 2.59 bits per heavy atom. The molecule has 27 heavy (non-hydrogen) atoms. The van der Waals surface area contributed by atoms with E-state index in [0.717, 1.165) is 25.7 Å². The fourth-order valence-corrected chi connectivity index (χ4v) is 3.92. The summed E-state index contributed by atoms with van der Waals surface area (Å²) in [7, 11) is 0. The van der Waals surface area contributed by atoms with E-state index in [1.54, 1.807) is 38.1 Å². The Kier molecular flexibility index (Phi) is 6.11. The summed E-state index contributed by atoms with van der Waals surface area (Å²) in [5.74, 6) is -0.255. The summed E-state index contributed by atoms with van der Waals surface area (Å²) >= 11 is 0. The first-order valence-electron chi connectivity index (χ1n) is 9.60. The molecule has 1 aliphatic carbocycles. The Hall–Kier alpha value is -2.41. The Labute approximate surface area is 159 Å². The Balaban J connectivity index is 1.56. The van der Waals surface area contributed by atoms with E-state index < -0.39 is 0 Å². The molecule has 1 saturated heterocycles. The molecule has 2 amide bonds. The summed E-state index contributed by atoms with van der Waals surface area (Å²) in [4.78, 5) is 36.3. The molecular formula is C20H27N3O4. The van der Waals surface area contributed by atoms with Crippen LogP contribution >= 0.6 is 0 Å². The van der Waals surface area contributed by atoms with Crippen LogP contribution in [-0.4, -0.2) is 29.9 Å². The molecule has 1 aromatic carbocycles. The predicted octanol–water partition coefficient (Wildman–Crippen LogP) is 2.39. The number of ether oxygens (including phenoxy) is 1. The van der Waals surface area contributed by atoms with Gasteiger partial charge in [0.05, 0.1) is 11.7 Å². The van der Waals surface area contributed by atoms with Crippen LogP contribution in [0, 0.1) is 11.8 Å². The summed E-state index contributed by atoms with van der Waals surface area (Å²) in [5, 5.41) is 2.86. The zero-order valence-corrected chi connectivity index (χ0v) is 15.8. The zero-order valence-electron chi connectivity index (χ0n) is 15.8. The van der Waals surface area contributed by atoms with E-state index in [1.165, 1.54) is 0 Å². The average Bonchev–Trinajstić information content (AvgIpc) is 2.64. The number of benzene rings is 1. The number of nitrogens with one attached hydrogen (secondary N) is 3. The van der Waals surface area contributed by atoms with Crippen molar-refractivity contribution < 1.29 is 19.1 Å². The van der Waals surface area contributed by atoms with Crippen molar-refractivity contribution in [2.75, 3.05) is 5.32 Å². The number of esters is 1. The lowest BCUT2D eigenvalue weighted by molar-refractivity contribution is -0.134. The maximum atomic E-state index is 12.4. The summed E-state index contributed by atoms with van der Waals surface area (Å²) in [6, 6.07) is 6.59. The van der Waals surface area contributed by atoms with Crippen LogP contribution in [0.3, 0.4) is 0 Å². The molecule has 3 unspecified atom stereocenters. The van der Waals surface area contributed by atoms with Crippen molar-refractivity contribution in [2.45, 2.75) is 58.1 Å². The van der Waals surface area contributed by atoms with Gasteiger partial charge in [-0.25, -0.2) is 10.2 Å². The number of hydrogen-bond acceptors (Lipinski definition) is 5. The minimum atomic E-state index is -0.381. The van der Waals surface area contributed by atoms with Crippen molar-refractivity contribution in [1.29, 1.82) is 0 Å². The molecule has 3 rings (SSSR count). The molecule has 0 radical (unpaired) electrons. The monoisotopic (exact) mass is 373 g/mol. The molecule has 1 aromatic rings. The molecule has 3 N–H and O–H groups in total. The molecule has 1 aliphatic heterocycles. The smallest absolute Gasteiger partial charge is 0.338 e. The molecule has 0 aromatic heterocycles. The van der Waals surface area contributed by atoms with Gasteiger partial charge in [0.1, 0.15) is 0 Å². The van der Waals surface area contributed by atoms with Gasteiger partial charge in [-0.05, 0) is 56.9 Å². The maximum Gasteiger partial charge on any atom is 0.338 e. The normalized spacial score (nSPS) is 24.7. The Morgan fingerprint density at radius 2 is 1.89 bits per heavy atom. The standard InChI is InChI=1S/C20H27N3O4/c1-12(2)27-20(26)13-7-9-14(10-8-13)21-18(24)11-17-15-5-3-4-6-16(15)19(25)23-22-17/h7-10,12,15-17,22H,3-6,11H2,1-2H3,(H,21,24)(H,23,25). The molecule has 2 aliphatic rings. The zero-order chi connectivity index (χ0) is 19.4. The first-order chi connectivity index (χ1) is 12.9. The average molecular weight is 373 g/mol. The molecule has 2 fully saturated rings. The van der Waals surface area contributed by atoms with Gasteiger partial charge in [-0.15, -0.1) is 0 Å². The largest absolute Gasteiger partial charge is 0.459 e. The van der Waals surface area contributed by atoms with E-state index in [9.17, 15) is 14.4 Å². The third kappa shape index (κ3) is 4.86. The third-order valence-corrected chi connectivity index (χ3v) is 5.21. The molecule has 146 valence electrons. The second-order valence-electron chi connectivity index (χ2n) is 7.58. The molecule has 7 heteroatoms. The van der Waals surface area contributed by atoms with Crippen LogP contribution in [-0.2, 0) is 14.3 Å². The van der Waals surface area contributed by atoms with Crippen LogP contribution in [0.4, 0.5) is 5.69 Å². The highest BCUT2D eigenvalue weighted by molar-refractivity contribution is 5.93. The lowest BCUT2D eigenvalue weighted by atomic mass is 9.73. The van der Waals surface area contributed by atoms with Crippen molar-refractivity contribution in [2.24, 2.45) is 11.8 Å². The molecular weight excluding hydrogens is 346 g/mol. The predicted molar refractivity (Wildman–Crippen MR) is 101 cm³/mol. The van der Waals surface area contributed by atoms with Crippen LogP contribution in [0.2, 0.25) is 0 Å². The second kappa shape index (κ2) is 8.52. The lowest BCUT2D eigenvalue weighted by Crippen LogP contribution is -2.60. The van der Waals surface area contributed by atoms with Crippen LogP contribution < -0.4 is 16.2 Å². The highest BCUT2D eigenvalue weighted by atomic mass is 16.5. The van der Waals surface area contributed by atoms with Crippen molar-refractivity contribution >= 4 is 23.5 Å². The van der Waals surface area contributed by atoms with Crippen LogP contribution in [0.25, 0.3) is 0 Å². The minimum absolute atomic E-state index is 0.00375.